The SMILES string of the molecule is Cc1ccc(-n2cc(C(=O)Nc3ccc(F)cc3)nn2)cc1. The third-order valence-electron chi connectivity index (χ3n) is 3.13. The lowest BCUT2D eigenvalue weighted by Crippen LogP contribution is -2.12. The number of anilines is 1. The lowest BCUT2D eigenvalue weighted by molar-refractivity contribution is 0.102. The van der Waals surface area contributed by atoms with Crippen LogP contribution in [0.5, 0.6) is 0 Å². The van der Waals surface area contributed by atoms with Gasteiger partial charge in [-0.3, -0.25) is 4.79 Å². The molecule has 0 aliphatic rings. The molecule has 0 saturated heterocycles. The van der Waals surface area contributed by atoms with Crippen LogP contribution >= 0.6 is 0 Å². The van der Waals surface area contributed by atoms with Crippen molar-refractivity contribution in [2.75, 3.05) is 5.32 Å². The number of hydrogen-bond donors (Lipinski definition) is 1. The molecule has 0 bridgehead atoms. The lowest BCUT2D eigenvalue weighted by Gasteiger charge is -2.02. The van der Waals surface area contributed by atoms with Crippen LogP contribution in [0.1, 0.15) is 16.1 Å². The molecule has 3 aromatic rings. The second-order valence-electron chi connectivity index (χ2n) is 4.84. The summed E-state index contributed by atoms with van der Waals surface area (Å²) in [5.41, 5.74) is 2.64. The maximum atomic E-state index is 12.8. The van der Waals surface area contributed by atoms with Crippen molar-refractivity contribution in [2.45, 2.75) is 6.92 Å². The van der Waals surface area contributed by atoms with Gasteiger partial charge in [-0.2, -0.15) is 0 Å². The number of benzene rings is 2. The largest absolute Gasteiger partial charge is 0.321 e. The molecule has 110 valence electrons. The Morgan fingerprint density at radius 1 is 1.09 bits per heavy atom. The number of rotatable bonds is 3. The minimum atomic E-state index is -0.398. The van der Waals surface area contributed by atoms with Crippen molar-refractivity contribution in [3.63, 3.8) is 0 Å². The van der Waals surface area contributed by atoms with Gasteiger partial charge >= 0.3 is 0 Å². The average Bonchev–Trinajstić information content (AvgIpc) is 3.00. The van der Waals surface area contributed by atoms with Crippen molar-refractivity contribution >= 4 is 11.6 Å². The van der Waals surface area contributed by atoms with Crippen LogP contribution in [0.4, 0.5) is 10.1 Å². The van der Waals surface area contributed by atoms with E-state index >= 15 is 0 Å². The Bertz CT molecular complexity index is 794. The van der Waals surface area contributed by atoms with Gasteiger partial charge in [0.2, 0.25) is 0 Å². The summed E-state index contributed by atoms with van der Waals surface area (Å²) in [7, 11) is 0. The van der Waals surface area contributed by atoms with Gasteiger partial charge in [0.05, 0.1) is 11.9 Å². The molecule has 6 heteroatoms. The monoisotopic (exact) mass is 296 g/mol. The summed E-state index contributed by atoms with van der Waals surface area (Å²) in [6.45, 7) is 1.99. The van der Waals surface area contributed by atoms with Crippen LogP contribution < -0.4 is 5.32 Å². The molecule has 0 unspecified atom stereocenters. The number of carbonyl (C=O) groups is 1. The van der Waals surface area contributed by atoms with E-state index in [2.05, 4.69) is 15.6 Å². The van der Waals surface area contributed by atoms with E-state index in [1.165, 1.54) is 28.9 Å². The molecule has 0 aliphatic heterocycles. The van der Waals surface area contributed by atoms with Crippen molar-refractivity contribution in [1.82, 2.24) is 15.0 Å². The van der Waals surface area contributed by atoms with Gasteiger partial charge in [0, 0.05) is 5.69 Å². The van der Waals surface area contributed by atoms with Gasteiger partial charge in [0.15, 0.2) is 5.69 Å². The summed E-state index contributed by atoms with van der Waals surface area (Å²) in [6.07, 6.45) is 1.55. The molecular formula is C16H13FN4O. The molecule has 5 nitrogen and oxygen atoms in total. The molecular weight excluding hydrogens is 283 g/mol. The zero-order valence-electron chi connectivity index (χ0n) is 11.8. The van der Waals surface area contributed by atoms with Crippen molar-refractivity contribution < 1.29 is 9.18 Å². The molecule has 1 N–H and O–H groups in total. The minimum absolute atomic E-state index is 0.185. The van der Waals surface area contributed by atoms with E-state index < -0.39 is 5.91 Å². The summed E-state index contributed by atoms with van der Waals surface area (Å²) < 4.78 is 14.4. The van der Waals surface area contributed by atoms with Crippen molar-refractivity contribution in [3.8, 4) is 5.69 Å². The Morgan fingerprint density at radius 2 is 1.77 bits per heavy atom. The quantitative estimate of drug-likeness (QED) is 0.808. The zero-order valence-corrected chi connectivity index (χ0v) is 11.8. The number of aromatic nitrogens is 3. The molecule has 0 aliphatic carbocycles. The Labute approximate surface area is 126 Å². The van der Waals surface area contributed by atoms with E-state index in [-0.39, 0.29) is 11.5 Å². The van der Waals surface area contributed by atoms with Gasteiger partial charge in [-0.05, 0) is 43.3 Å². The van der Waals surface area contributed by atoms with E-state index in [9.17, 15) is 9.18 Å². The average molecular weight is 296 g/mol. The predicted molar refractivity (Wildman–Crippen MR) is 80.4 cm³/mol. The third-order valence-corrected chi connectivity index (χ3v) is 3.13. The highest BCUT2D eigenvalue weighted by molar-refractivity contribution is 6.02. The van der Waals surface area contributed by atoms with Crippen LogP contribution in [-0.4, -0.2) is 20.9 Å². The molecule has 0 radical (unpaired) electrons. The van der Waals surface area contributed by atoms with Crippen LogP contribution in [0.3, 0.4) is 0 Å². The highest BCUT2D eigenvalue weighted by Crippen LogP contribution is 2.11. The fraction of sp³-hybridized carbons (Fsp3) is 0.0625. The van der Waals surface area contributed by atoms with Gasteiger partial charge in [-0.1, -0.05) is 22.9 Å². The molecule has 1 amide bonds. The van der Waals surface area contributed by atoms with Crippen molar-refractivity contribution in [2.24, 2.45) is 0 Å². The molecule has 3 rings (SSSR count). The Hall–Kier alpha value is -3.02. The Morgan fingerprint density at radius 3 is 2.45 bits per heavy atom. The van der Waals surface area contributed by atoms with Crippen LogP contribution in [0.25, 0.3) is 5.69 Å². The molecule has 1 aromatic heterocycles. The topological polar surface area (TPSA) is 59.8 Å². The Kier molecular flexibility index (Phi) is 3.65. The minimum Gasteiger partial charge on any atom is -0.321 e. The standard InChI is InChI=1S/C16H13FN4O/c1-11-2-8-14(9-3-11)21-10-15(19-20-21)16(22)18-13-6-4-12(17)5-7-13/h2-10H,1H3,(H,18,22). The van der Waals surface area contributed by atoms with Crippen LogP contribution in [0.15, 0.2) is 54.7 Å². The number of halogens is 1. The van der Waals surface area contributed by atoms with Gasteiger partial charge in [-0.15, -0.1) is 5.10 Å². The summed E-state index contributed by atoms with van der Waals surface area (Å²) in [6, 6.07) is 13.2. The summed E-state index contributed by atoms with van der Waals surface area (Å²) in [4.78, 5) is 12.1. The number of amides is 1. The van der Waals surface area contributed by atoms with E-state index in [0.717, 1.165) is 11.3 Å². The van der Waals surface area contributed by atoms with E-state index in [1.807, 2.05) is 31.2 Å². The number of carbonyl (C=O) groups excluding carboxylic acids is 1. The van der Waals surface area contributed by atoms with E-state index in [4.69, 9.17) is 0 Å². The molecule has 0 spiro atoms. The molecule has 0 atom stereocenters. The van der Waals surface area contributed by atoms with Gasteiger partial charge in [-0.25, -0.2) is 9.07 Å². The maximum absolute atomic E-state index is 12.8. The number of nitrogens with zero attached hydrogens (tertiary/aromatic N) is 3. The van der Waals surface area contributed by atoms with E-state index in [1.54, 1.807) is 6.20 Å². The Balaban J connectivity index is 1.76. The number of aryl methyl sites for hydroxylation is 1. The first-order valence-electron chi connectivity index (χ1n) is 6.68. The smallest absolute Gasteiger partial charge is 0.277 e. The van der Waals surface area contributed by atoms with Gasteiger partial charge < -0.3 is 5.32 Å². The first-order chi connectivity index (χ1) is 10.6. The fourth-order valence-electron chi connectivity index (χ4n) is 1.92. The normalized spacial score (nSPS) is 10.5. The molecule has 22 heavy (non-hydrogen) atoms. The molecule has 0 fully saturated rings. The lowest BCUT2D eigenvalue weighted by atomic mass is 10.2. The van der Waals surface area contributed by atoms with Gasteiger partial charge in [0.1, 0.15) is 5.82 Å². The predicted octanol–water partition coefficient (Wildman–Crippen LogP) is 2.97. The second-order valence-corrected chi connectivity index (χ2v) is 4.84. The molecule has 0 saturated carbocycles. The maximum Gasteiger partial charge on any atom is 0.277 e. The highest BCUT2D eigenvalue weighted by Gasteiger charge is 2.11. The van der Waals surface area contributed by atoms with Crippen LogP contribution in [0.2, 0.25) is 0 Å². The first-order valence-corrected chi connectivity index (χ1v) is 6.68. The summed E-state index contributed by atoms with van der Waals surface area (Å²) >= 11 is 0. The van der Waals surface area contributed by atoms with E-state index in [0.29, 0.717) is 5.69 Å². The van der Waals surface area contributed by atoms with Crippen LogP contribution in [0, 0.1) is 12.7 Å². The zero-order chi connectivity index (χ0) is 15.5. The van der Waals surface area contributed by atoms with Crippen molar-refractivity contribution in [1.29, 1.82) is 0 Å². The number of hydrogen-bond acceptors (Lipinski definition) is 3. The third kappa shape index (κ3) is 3.01. The highest BCUT2D eigenvalue weighted by atomic mass is 19.1. The van der Waals surface area contributed by atoms with Crippen molar-refractivity contribution in [3.05, 3.63) is 71.8 Å². The molecule has 2 aromatic carbocycles. The number of nitrogens with one attached hydrogen (secondary N) is 1. The fourth-order valence-corrected chi connectivity index (χ4v) is 1.92. The molecule has 1 heterocycles. The first kappa shape index (κ1) is 13.9. The second kappa shape index (κ2) is 5.77. The van der Waals surface area contributed by atoms with Gasteiger partial charge in [0.25, 0.3) is 5.91 Å². The summed E-state index contributed by atoms with van der Waals surface area (Å²) in [5, 5.41) is 10.4. The summed E-state index contributed by atoms with van der Waals surface area (Å²) in [5.74, 6) is -0.756. The van der Waals surface area contributed by atoms with Crippen LogP contribution in [-0.2, 0) is 0 Å².